The fourth-order valence-corrected chi connectivity index (χ4v) is 5.56. The molecule has 7 heteroatoms. The van der Waals surface area contributed by atoms with Gasteiger partial charge in [0.15, 0.2) is 9.84 Å². The summed E-state index contributed by atoms with van der Waals surface area (Å²) in [7, 11) is -0.0870. The first-order valence-corrected chi connectivity index (χ1v) is 13.7. The van der Waals surface area contributed by atoms with Crippen LogP contribution in [0.2, 0.25) is 0 Å². The Morgan fingerprint density at radius 2 is 1.27 bits per heavy atom. The molecule has 0 saturated heterocycles. The molecule has 0 spiro atoms. The molecule has 0 aromatic heterocycles. The quantitative estimate of drug-likeness (QED) is 0.252. The van der Waals surface area contributed by atoms with Gasteiger partial charge in [0, 0.05) is 27.1 Å². The van der Waals surface area contributed by atoms with Crippen LogP contribution in [0.25, 0.3) is 0 Å². The van der Waals surface area contributed by atoms with E-state index in [1.165, 1.54) is 52.6 Å². The third-order valence-corrected chi connectivity index (χ3v) is 7.89. The van der Waals surface area contributed by atoms with Crippen LogP contribution < -0.4 is 0 Å². The van der Waals surface area contributed by atoms with Crippen molar-refractivity contribution >= 4 is 21.4 Å². The maximum Gasteiger partial charge on any atom is 0.178 e. The lowest BCUT2D eigenvalue weighted by molar-refractivity contribution is -0.120. The zero-order valence-corrected chi connectivity index (χ0v) is 21.6. The number of carbonyl (C=O) groups excluding carboxylic acids is 2. The summed E-state index contributed by atoms with van der Waals surface area (Å²) >= 11 is 0. The van der Waals surface area contributed by atoms with Crippen molar-refractivity contribution in [1.29, 1.82) is 0 Å². The van der Waals surface area contributed by atoms with Crippen LogP contribution in [0.3, 0.4) is 0 Å². The number of methoxy groups -OCH3 is 2. The molecule has 1 aliphatic rings. The summed E-state index contributed by atoms with van der Waals surface area (Å²) in [4.78, 5) is 22.3. The van der Waals surface area contributed by atoms with Gasteiger partial charge in [-0.2, -0.15) is 0 Å². The van der Waals surface area contributed by atoms with E-state index in [4.69, 9.17) is 9.47 Å². The van der Waals surface area contributed by atoms with E-state index in [0.717, 1.165) is 12.3 Å². The average molecular weight is 547 g/mol. The highest BCUT2D eigenvalue weighted by Gasteiger charge is 2.19. The van der Waals surface area contributed by atoms with Gasteiger partial charge in [-0.3, -0.25) is 9.59 Å². The van der Waals surface area contributed by atoms with Crippen LogP contribution in [0.15, 0.2) is 35.2 Å². The molecule has 2 unspecified atom stereocenters. The molecule has 2 rings (SSSR count). The minimum absolute atomic E-state index is 0. The summed E-state index contributed by atoms with van der Waals surface area (Å²) in [6, 6.07) is 8.30. The minimum atomic E-state index is -3.29. The van der Waals surface area contributed by atoms with Gasteiger partial charge < -0.3 is 9.47 Å². The average Bonchev–Trinajstić information content (AvgIpc) is 2.80. The number of ether oxygens (including phenoxy) is 2. The van der Waals surface area contributed by atoms with E-state index in [-0.39, 0.29) is 65.7 Å². The first-order chi connectivity index (χ1) is 15.7. The highest BCUT2D eigenvalue weighted by Crippen LogP contribution is 2.28. The van der Waals surface area contributed by atoms with Crippen LogP contribution >= 0.6 is 0 Å². The molecule has 1 fully saturated rings. The normalized spacial score (nSPS) is 14.6. The molecule has 1 aromatic rings. The SMILES string of the molecule is C.C.C.C.COC(CCC1CCCCC1)CC(C)=O.COC(CCS(=O)(=O)c1ccccc1)CC(C)=O. The van der Waals surface area contributed by atoms with E-state index in [2.05, 4.69) is 0 Å². The number of rotatable bonds is 13. The van der Waals surface area contributed by atoms with Gasteiger partial charge in [0.25, 0.3) is 0 Å². The Bertz CT molecular complexity index is 786. The van der Waals surface area contributed by atoms with Crippen LogP contribution in [0.4, 0.5) is 0 Å². The fraction of sp³-hybridized carbons (Fsp3) is 0.733. The number of ketones is 2. The summed E-state index contributed by atoms with van der Waals surface area (Å²) < 4.78 is 34.4. The van der Waals surface area contributed by atoms with Crippen molar-refractivity contribution < 1.29 is 27.5 Å². The van der Waals surface area contributed by atoms with Crippen LogP contribution in [0.1, 0.15) is 108 Å². The van der Waals surface area contributed by atoms with Gasteiger partial charge in [-0.05, 0) is 51.2 Å². The highest BCUT2D eigenvalue weighted by molar-refractivity contribution is 7.91. The van der Waals surface area contributed by atoms with Crippen molar-refractivity contribution in [3.05, 3.63) is 30.3 Å². The molecule has 0 radical (unpaired) electrons. The van der Waals surface area contributed by atoms with Crippen LogP contribution in [0.5, 0.6) is 0 Å². The number of benzene rings is 1. The highest BCUT2D eigenvalue weighted by atomic mass is 32.2. The lowest BCUT2D eigenvalue weighted by Gasteiger charge is -2.23. The third kappa shape index (κ3) is 19.2. The molecule has 37 heavy (non-hydrogen) atoms. The van der Waals surface area contributed by atoms with Crippen LogP contribution in [-0.4, -0.2) is 52.2 Å². The first-order valence-electron chi connectivity index (χ1n) is 12.0. The number of carbonyl (C=O) groups is 2. The Kier molecular flexibility index (Phi) is 27.0. The van der Waals surface area contributed by atoms with Crippen molar-refractivity contribution in [3.8, 4) is 0 Å². The van der Waals surface area contributed by atoms with Gasteiger partial charge in [0.2, 0.25) is 0 Å². The molecule has 2 atom stereocenters. The number of hydrogen-bond acceptors (Lipinski definition) is 6. The van der Waals surface area contributed by atoms with Crippen molar-refractivity contribution in [2.24, 2.45) is 5.92 Å². The van der Waals surface area contributed by atoms with Crippen LogP contribution in [0, 0.1) is 5.92 Å². The van der Waals surface area contributed by atoms with E-state index in [0.29, 0.717) is 17.7 Å². The Morgan fingerprint density at radius 1 is 0.811 bits per heavy atom. The van der Waals surface area contributed by atoms with Gasteiger partial charge in [-0.1, -0.05) is 80.0 Å². The van der Waals surface area contributed by atoms with Gasteiger partial charge in [0.1, 0.15) is 11.6 Å². The fourth-order valence-electron chi connectivity index (χ4n) is 4.18. The van der Waals surface area contributed by atoms with Crippen molar-refractivity contribution in [1.82, 2.24) is 0 Å². The van der Waals surface area contributed by atoms with E-state index in [1.807, 2.05) is 0 Å². The lowest BCUT2D eigenvalue weighted by atomic mass is 9.85. The van der Waals surface area contributed by atoms with Crippen LogP contribution in [-0.2, 0) is 28.9 Å². The molecule has 1 aromatic carbocycles. The van der Waals surface area contributed by atoms with E-state index >= 15 is 0 Å². The summed E-state index contributed by atoms with van der Waals surface area (Å²) in [5, 5.41) is 0. The third-order valence-electron chi connectivity index (χ3n) is 6.13. The van der Waals surface area contributed by atoms with Gasteiger partial charge in [0.05, 0.1) is 22.9 Å². The monoisotopic (exact) mass is 546 g/mol. The summed E-state index contributed by atoms with van der Waals surface area (Å²) in [6.07, 6.45) is 10.3. The molecular weight excluding hydrogens is 488 g/mol. The summed E-state index contributed by atoms with van der Waals surface area (Å²) in [5.74, 6) is 1.12. The Labute approximate surface area is 229 Å². The van der Waals surface area contributed by atoms with Crippen molar-refractivity contribution in [2.45, 2.75) is 125 Å². The smallest absolute Gasteiger partial charge is 0.178 e. The topological polar surface area (TPSA) is 86.7 Å². The van der Waals surface area contributed by atoms with E-state index < -0.39 is 9.84 Å². The van der Waals surface area contributed by atoms with E-state index in [1.54, 1.807) is 44.4 Å². The molecule has 1 aliphatic carbocycles. The molecule has 0 aliphatic heterocycles. The molecular formula is C30H58O6S. The summed E-state index contributed by atoms with van der Waals surface area (Å²) in [5.41, 5.74) is 0. The molecule has 0 N–H and O–H groups in total. The maximum absolute atomic E-state index is 12.0. The second kappa shape index (κ2) is 23.5. The molecule has 220 valence electrons. The second-order valence-corrected chi connectivity index (χ2v) is 11.1. The van der Waals surface area contributed by atoms with Gasteiger partial charge in [-0.15, -0.1) is 0 Å². The Hall–Kier alpha value is -1.57. The Balaban J connectivity index is -0.000000269. The number of hydrogen-bond donors (Lipinski definition) is 0. The molecule has 0 amide bonds. The summed E-state index contributed by atoms with van der Waals surface area (Å²) in [6.45, 7) is 3.12. The molecule has 0 heterocycles. The first kappa shape index (κ1) is 42.5. The van der Waals surface area contributed by atoms with Gasteiger partial charge >= 0.3 is 0 Å². The number of sulfone groups is 1. The van der Waals surface area contributed by atoms with Crippen molar-refractivity contribution in [2.75, 3.05) is 20.0 Å². The van der Waals surface area contributed by atoms with E-state index in [9.17, 15) is 18.0 Å². The zero-order chi connectivity index (χ0) is 24.7. The maximum atomic E-state index is 12.0. The molecule has 0 bridgehead atoms. The Morgan fingerprint density at radius 3 is 1.70 bits per heavy atom. The van der Waals surface area contributed by atoms with Gasteiger partial charge in [-0.25, -0.2) is 8.42 Å². The lowest BCUT2D eigenvalue weighted by Crippen LogP contribution is -2.19. The zero-order valence-electron chi connectivity index (χ0n) is 20.8. The molecule has 6 nitrogen and oxygen atoms in total. The standard InChI is InChI=1S/C13H18O4S.C13H24O2.4CH4/c1-11(14)10-12(17-2)8-9-18(15,16)13-6-4-3-5-7-13;1-11(14)10-13(15-2)9-8-12-6-4-3-5-7-12;;;;/h3-7,12H,8-10H2,1-2H3;12-13H,3-10H2,1-2H3;4*1H4. The van der Waals surface area contributed by atoms with Crippen molar-refractivity contribution in [3.63, 3.8) is 0 Å². The predicted octanol–water partition coefficient (Wildman–Crippen LogP) is 7.73. The molecule has 1 saturated carbocycles. The largest absolute Gasteiger partial charge is 0.381 e. The predicted molar refractivity (Wildman–Crippen MR) is 158 cm³/mol. The number of Topliss-reactive ketones (excluding diaryl/α,β-unsaturated/α-hetero) is 2. The minimum Gasteiger partial charge on any atom is -0.381 e. The second-order valence-electron chi connectivity index (χ2n) is 9.03.